The SMILES string of the molecule is Cc1[nH]nc2c1[C@H](c1ccc(OCc3ccccc3Cl)cc1)CC(=O)N2. The largest absolute Gasteiger partial charge is 0.489 e. The number of rotatable bonds is 4. The fraction of sp³-hybridized carbons (Fsp3) is 0.200. The summed E-state index contributed by atoms with van der Waals surface area (Å²) in [5, 5.41) is 10.6. The monoisotopic (exact) mass is 367 g/mol. The molecule has 0 saturated heterocycles. The number of aromatic amines is 1. The number of fused-ring (bicyclic) bond motifs is 1. The van der Waals surface area contributed by atoms with E-state index >= 15 is 0 Å². The number of nitrogens with one attached hydrogen (secondary N) is 2. The quantitative estimate of drug-likeness (QED) is 0.717. The van der Waals surface area contributed by atoms with Gasteiger partial charge in [0.15, 0.2) is 5.82 Å². The maximum atomic E-state index is 12.0. The van der Waals surface area contributed by atoms with Crippen molar-refractivity contribution in [3.8, 4) is 5.75 Å². The molecule has 1 atom stereocenters. The normalized spacial score (nSPS) is 16.1. The fourth-order valence-electron chi connectivity index (χ4n) is 3.29. The zero-order valence-corrected chi connectivity index (χ0v) is 15.0. The molecule has 1 aromatic heterocycles. The van der Waals surface area contributed by atoms with Crippen molar-refractivity contribution in [1.82, 2.24) is 10.2 Å². The topological polar surface area (TPSA) is 67.0 Å². The van der Waals surface area contributed by atoms with Crippen molar-refractivity contribution in [2.75, 3.05) is 5.32 Å². The van der Waals surface area contributed by atoms with Crippen LogP contribution in [0.15, 0.2) is 48.5 Å². The summed E-state index contributed by atoms with van der Waals surface area (Å²) in [5.74, 6) is 1.36. The summed E-state index contributed by atoms with van der Waals surface area (Å²) in [6.07, 6.45) is 0.410. The average Bonchev–Trinajstić information content (AvgIpc) is 3.01. The van der Waals surface area contributed by atoms with Crippen LogP contribution in [0.5, 0.6) is 5.75 Å². The van der Waals surface area contributed by atoms with Crippen LogP contribution in [-0.2, 0) is 11.4 Å². The molecule has 1 amide bonds. The van der Waals surface area contributed by atoms with Gasteiger partial charge in [-0.2, -0.15) is 5.10 Å². The number of ether oxygens (including phenoxy) is 1. The molecule has 132 valence electrons. The summed E-state index contributed by atoms with van der Waals surface area (Å²) >= 11 is 6.16. The Morgan fingerprint density at radius 3 is 2.73 bits per heavy atom. The number of hydrogen-bond donors (Lipinski definition) is 2. The Hall–Kier alpha value is -2.79. The molecule has 0 saturated carbocycles. The van der Waals surface area contributed by atoms with E-state index in [9.17, 15) is 4.79 Å². The molecule has 1 aliphatic rings. The van der Waals surface area contributed by atoms with E-state index < -0.39 is 0 Å². The van der Waals surface area contributed by atoms with Gasteiger partial charge in [0.2, 0.25) is 5.91 Å². The summed E-state index contributed by atoms with van der Waals surface area (Å²) in [6.45, 7) is 2.38. The third-order valence-electron chi connectivity index (χ3n) is 4.62. The summed E-state index contributed by atoms with van der Waals surface area (Å²) in [7, 11) is 0. The Balaban J connectivity index is 1.52. The highest BCUT2D eigenvalue weighted by molar-refractivity contribution is 6.31. The summed E-state index contributed by atoms with van der Waals surface area (Å²) in [5.41, 5.74) is 4.04. The Morgan fingerprint density at radius 1 is 1.19 bits per heavy atom. The molecule has 2 heterocycles. The zero-order valence-electron chi connectivity index (χ0n) is 14.3. The van der Waals surface area contributed by atoms with Crippen molar-refractivity contribution >= 4 is 23.3 Å². The first-order chi connectivity index (χ1) is 12.6. The predicted octanol–water partition coefficient (Wildman–Crippen LogP) is 4.42. The molecular weight excluding hydrogens is 350 g/mol. The third kappa shape index (κ3) is 3.18. The van der Waals surface area contributed by atoms with Gasteiger partial charge in [0.05, 0.1) is 0 Å². The van der Waals surface area contributed by atoms with Crippen molar-refractivity contribution < 1.29 is 9.53 Å². The molecule has 6 heteroatoms. The van der Waals surface area contributed by atoms with E-state index in [2.05, 4.69) is 15.5 Å². The van der Waals surface area contributed by atoms with E-state index in [1.165, 1.54) is 0 Å². The van der Waals surface area contributed by atoms with E-state index in [0.29, 0.717) is 23.9 Å². The smallest absolute Gasteiger partial charge is 0.226 e. The van der Waals surface area contributed by atoms with Crippen LogP contribution >= 0.6 is 11.6 Å². The first kappa shape index (κ1) is 16.7. The van der Waals surface area contributed by atoms with Crippen molar-refractivity contribution in [1.29, 1.82) is 0 Å². The first-order valence-electron chi connectivity index (χ1n) is 8.42. The number of benzene rings is 2. The van der Waals surface area contributed by atoms with Crippen LogP contribution in [0, 0.1) is 6.92 Å². The van der Waals surface area contributed by atoms with Gasteiger partial charge in [-0.25, -0.2) is 0 Å². The highest BCUT2D eigenvalue weighted by atomic mass is 35.5. The van der Waals surface area contributed by atoms with E-state index in [1.54, 1.807) is 0 Å². The number of nitrogens with zero attached hydrogens (tertiary/aromatic N) is 1. The van der Waals surface area contributed by atoms with Crippen molar-refractivity contribution in [3.05, 3.63) is 75.9 Å². The van der Waals surface area contributed by atoms with Crippen molar-refractivity contribution in [3.63, 3.8) is 0 Å². The lowest BCUT2D eigenvalue weighted by Gasteiger charge is -2.23. The van der Waals surface area contributed by atoms with E-state index in [0.717, 1.165) is 28.1 Å². The third-order valence-corrected chi connectivity index (χ3v) is 4.99. The predicted molar refractivity (Wildman–Crippen MR) is 101 cm³/mol. The lowest BCUT2D eigenvalue weighted by molar-refractivity contribution is -0.116. The number of carbonyl (C=O) groups is 1. The Morgan fingerprint density at radius 2 is 1.96 bits per heavy atom. The highest BCUT2D eigenvalue weighted by Crippen LogP contribution is 2.38. The van der Waals surface area contributed by atoms with Gasteiger partial charge in [0.1, 0.15) is 12.4 Å². The zero-order chi connectivity index (χ0) is 18.1. The molecule has 0 radical (unpaired) electrons. The molecule has 0 spiro atoms. The highest BCUT2D eigenvalue weighted by Gasteiger charge is 2.30. The van der Waals surface area contributed by atoms with Gasteiger partial charge in [-0.3, -0.25) is 9.89 Å². The molecule has 5 nitrogen and oxygen atoms in total. The Labute approximate surface area is 156 Å². The van der Waals surface area contributed by atoms with Crippen LogP contribution in [0.1, 0.15) is 34.7 Å². The molecule has 0 unspecified atom stereocenters. The average molecular weight is 368 g/mol. The number of aromatic nitrogens is 2. The van der Waals surface area contributed by atoms with Gasteiger partial charge >= 0.3 is 0 Å². The van der Waals surface area contributed by atoms with Crippen LogP contribution in [0.25, 0.3) is 0 Å². The molecule has 4 rings (SSSR count). The van der Waals surface area contributed by atoms with Gasteiger partial charge in [-0.15, -0.1) is 0 Å². The molecule has 0 aliphatic carbocycles. The molecule has 1 aliphatic heterocycles. The number of carbonyl (C=O) groups excluding carboxylic acids is 1. The second-order valence-corrected chi connectivity index (χ2v) is 6.77. The number of halogens is 1. The molecular formula is C20H18ClN3O2. The lowest BCUT2D eigenvalue weighted by Crippen LogP contribution is -2.23. The van der Waals surface area contributed by atoms with Crippen LogP contribution in [-0.4, -0.2) is 16.1 Å². The molecule has 2 aromatic carbocycles. The van der Waals surface area contributed by atoms with Gasteiger partial charge in [-0.05, 0) is 30.7 Å². The van der Waals surface area contributed by atoms with Crippen LogP contribution in [0.3, 0.4) is 0 Å². The molecule has 3 aromatic rings. The van der Waals surface area contributed by atoms with E-state index in [-0.39, 0.29) is 11.8 Å². The molecule has 2 N–H and O–H groups in total. The standard InChI is InChI=1S/C20H18ClN3O2/c1-12-19-16(10-18(25)22-20(19)24-23-12)13-6-8-15(9-7-13)26-11-14-4-2-3-5-17(14)21/h2-9,16H,10-11H2,1H3,(H2,22,23,24,25)/t16-/m0/s1. The summed E-state index contributed by atoms with van der Waals surface area (Å²) in [6, 6.07) is 15.5. The molecule has 26 heavy (non-hydrogen) atoms. The second-order valence-electron chi connectivity index (χ2n) is 6.36. The summed E-state index contributed by atoms with van der Waals surface area (Å²) < 4.78 is 5.83. The van der Waals surface area contributed by atoms with Gasteiger partial charge in [-0.1, -0.05) is 41.9 Å². The molecule has 0 fully saturated rings. The number of H-pyrrole nitrogens is 1. The fourth-order valence-corrected chi connectivity index (χ4v) is 3.48. The van der Waals surface area contributed by atoms with E-state index in [4.69, 9.17) is 16.3 Å². The van der Waals surface area contributed by atoms with E-state index in [1.807, 2.05) is 55.5 Å². The minimum absolute atomic E-state index is 0.00452. The van der Waals surface area contributed by atoms with Gasteiger partial charge in [0.25, 0.3) is 0 Å². The van der Waals surface area contributed by atoms with Crippen LogP contribution in [0.2, 0.25) is 5.02 Å². The van der Waals surface area contributed by atoms with Crippen LogP contribution < -0.4 is 10.1 Å². The number of amides is 1. The van der Waals surface area contributed by atoms with Crippen LogP contribution in [0.4, 0.5) is 5.82 Å². The second kappa shape index (κ2) is 6.84. The minimum atomic E-state index is -0.0203. The first-order valence-corrected chi connectivity index (χ1v) is 8.80. The number of aryl methyl sites for hydroxylation is 1. The van der Waals surface area contributed by atoms with Gasteiger partial charge < -0.3 is 10.1 Å². The molecule has 0 bridgehead atoms. The maximum Gasteiger partial charge on any atom is 0.226 e. The Bertz CT molecular complexity index is 950. The summed E-state index contributed by atoms with van der Waals surface area (Å²) in [4.78, 5) is 12.0. The van der Waals surface area contributed by atoms with Crippen molar-refractivity contribution in [2.45, 2.75) is 25.9 Å². The number of anilines is 1. The van der Waals surface area contributed by atoms with Gasteiger partial charge in [0, 0.05) is 34.2 Å². The number of hydrogen-bond acceptors (Lipinski definition) is 3. The maximum absolute atomic E-state index is 12.0. The van der Waals surface area contributed by atoms with Crippen molar-refractivity contribution in [2.24, 2.45) is 0 Å². The minimum Gasteiger partial charge on any atom is -0.489 e. The lowest BCUT2D eigenvalue weighted by atomic mass is 9.86. The Kier molecular flexibility index (Phi) is 4.39.